The lowest BCUT2D eigenvalue weighted by molar-refractivity contribution is 0.765. The average molecular weight is 137 g/mol. The molecule has 0 aromatic carbocycles. The van der Waals surface area contributed by atoms with Gasteiger partial charge in [-0.05, 0) is 12.8 Å². The van der Waals surface area contributed by atoms with E-state index in [0.29, 0.717) is 5.92 Å². The Kier molecular flexibility index (Phi) is 6.38. The molecule has 57 valence electrons. The zero-order valence-electron chi connectivity index (χ0n) is 7.11. The normalized spacial score (nSPS) is 11.9. The fourth-order valence-electron chi connectivity index (χ4n) is 0.584. The van der Waals surface area contributed by atoms with Crippen molar-refractivity contribution < 1.29 is 0 Å². The molecule has 0 aromatic heterocycles. The number of rotatable bonds is 3. The van der Waals surface area contributed by atoms with Crippen LogP contribution in [0.1, 0.15) is 39.5 Å². The molecular weight excluding hydrogens is 120 g/mol. The molecule has 0 nitrogen and oxygen atoms in total. The van der Waals surface area contributed by atoms with Crippen LogP contribution in [0.25, 0.3) is 0 Å². The Morgan fingerprint density at radius 2 is 2.20 bits per heavy atom. The molecule has 0 aromatic rings. The van der Waals surface area contributed by atoms with Gasteiger partial charge in [-0.15, -0.1) is 11.8 Å². The predicted octanol–water partition coefficient (Wildman–Crippen LogP) is 3.04. The maximum absolute atomic E-state index is 3.78. The van der Waals surface area contributed by atoms with Crippen LogP contribution in [0, 0.1) is 24.7 Å². The van der Waals surface area contributed by atoms with Gasteiger partial charge in [0.15, 0.2) is 0 Å². The minimum Gasteiger partial charge on any atom is -0.103 e. The Morgan fingerprint density at radius 3 is 2.70 bits per heavy atom. The molecule has 0 N–H and O–H groups in total. The molecule has 1 unspecified atom stereocenters. The molecule has 0 heterocycles. The third kappa shape index (κ3) is 5.69. The molecule has 0 aliphatic carbocycles. The van der Waals surface area contributed by atoms with Crippen LogP contribution in [-0.4, -0.2) is 0 Å². The van der Waals surface area contributed by atoms with Crippen molar-refractivity contribution in [3.05, 3.63) is 6.92 Å². The molecule has 10 heavy (non-hydrogen) atoms. The van der Waals surface area contributed by atoms with E-state index >= 15 is 0 Å². The van der Waals surface area contributed by atoms with Crippen LogP contribution in [0.3, 0.4) is 0 Å². The Morgan fingerprint density at radius 1 is 1.50 bits per heavy atom. The number of hydrogen-bond donors (Lipinski definition) is 0. The summed E-state index contributed by atoms with van der Waals surface area (Å²) in [5.74, 6) is 6.78. The fraction of sp³-hybridized carbons (Fsp3) is 0.700. The Labute approximate surface area is 65.0 Å². The molecule has 0 saturated carbocycles. The van der Waals surface area contributed by atoms with E-state index in [9.17, 15) is 0 Å². The summed E-state index contributed by atoms with van der Waals surface area (Å²) in [5.41, 5.74) is 0. The number of unbranched alkanes of at least 4 members (excludes halogenated alkanes) is 2. The molecule has 0 heteroatoms. The monoisotopic (exact) mass is 137 g/mol. The van der Waals surface area contributed by atoms with Crippen molar-refractivity contribution >= 4 is 0 Å². The van der Waals surface area contributed by atoms with Gasteiger partial charge in [0.25, 0.3) is 0 Å². The van der Waals surface area contributed by atoms with Crippen molar-refractivity contribution in [1.82, 2.24) is 0 Å². The highest BCUT2D eigenvalue weighted by atomic mass is 13.9. The van der Waals surface area contributed by atoms with Crippen LogP contribution >= 0.6 is 0 Å². The summed E-state index contributed by atoms with van der Waals surface area (Å²) in [7, 11) is 0. The summed E-state index contributed by atoms with van der Waals surface area (Å²) in [6.07, 6.45) is 4.46. The van der Waals surface area contributed by atoms with Crippen LogP contribution in [0.5, 0.6) is 0 Å². The van der Waals surface area contributed by atoms with E-state index in [0.717, 1.165) is 12.8 Å². The molecule has 0 amide bonds. The molecule has 0 aliphatic rings. The summed E-state index contributed by atoms with van der Waals surface area (Å²) >= 11 is 0. The average Bonchev–Trinajstić information content (AvgIpc) is 1.98. The minimum atomic E-state index is 0.483. The van der Waals surface area contributed by atoms with Crippen LogP contribution in [-0.2, 0) is 0 Å². The van der Waals surface area contributed by atoms with Crippen LogP contribution in [0.4, 0.5) is 0 Å². The third-order valence-corrected chi connectivity index (χ3v) is 1.44. The number of hydrogen-bond acceptors (Lipinski definition) is 0. The van der Waals surface area contributed by atoms with Gasteiger partial charge in [0.2, 0.25) is 0 Å². The molecule has 0 fully saturated rings. The van der Waals surface area contributed by atoms with Gasteiger partial charge in [0.1, 0.15) is 0 Å². The first kappa shape index (κ1) is 9.56. The molecule has 0 aliphatic heterocycles. The summed E-state index contributed by atoms with van der Waals surface area (Å²) in [4.78, 5) is 0. The highest BCUT2D eigenvalue weighted by Crippen LogP contribution is 1.97. The first-order valence-electron chi connectivity index (χ1n) is 4.08. The Hall–Kier alpha value is -0.440. The van der Waals surface area contributed by atoms with Crippen molar-refractivity contribution in [3.8, 4) is 11.8 Å². The zero-order valence-corrected chi connectivity index (χ0v) is 7.11. The topological polar surface area (TPSA) is 0 Å². The van der Waals surface area contributed by atoms with Crippen molar-refractivity contribution in [1.29, 1.82) is 0 Å². The Balaban J connectivity index is 3.29. The lowest BCUT2D eigenvalue weighted by Gasteiger charge is -1.93. The van der Waals surface area contributed by atoms with Crippen LogP contribution in [0.15, 0.2) is 0 Å². The SMILES string of the molecule is [CH2]CC(C)C#CCCCC. The highest BCUT2D eigenvalue weighted by molar-refractivity contribution is 5.02. The van der Waals surface area contributed by atoms with Gasteiger partial charge in [0, 0.05) is 12.3 Å². The van der Waals surface area contributed by atoms with E-state index in [2.05, 4.69) is 32.6 Å². The largest absolute Gasteiger partial charge is 0.103 e. The summed E-state index contributed by atoms with van der Waals surface area (Å²) in [6.45, 7) is 8.09. The first-order valence-corrected chi connectivity index (χ1v) is 4.08. The smallest absolute Gasteiger partial charge is 0.0174 e. The van der Waals surface area contributed by atoms with Crippen molar-refractivity contribution in [2.45, 2.75) is 39.5 Å². The molecule has 0 bridgehead atoms. The van der Waals surface area contributed by atoms with Gasteiger partial charge >= 0.3 is 0 Å². The standard InChI is InChI=1S/C10H17/c1-4-6-7-8-9-10(3)5-2/h10H,2,4-7H2,1,3H3. The third-order valence-electron chi connectivity index (χ3n) is 1.44. The molecule has 1 atom stereocenters. The zero-order chi connectivity index (χ0) is 7.82. The van der Waals surface area contributed by atoms with Gasteiger partial charge in [0.05, 0.1) is 0 Å². The first-order chi connectivity index (χ1) is 4.81. The lowest BCUT2D eigenvalue weighted by Crippen LogP contribution is -1.84. The van der Waals surface area contributed by atoms with E-state index in [-0.39, 0.29) is 0 Å². The Bertz CT molecular complexity index is 114. The van der Waals surface area contributed by atoms with E-state index in [1.54, 1.807) is 0 Å². The van der Waals surface area contributed by atoms with E-state index in [4.69, 9.17) is 0 Å². The second-order valence-corrected chi connectivity index (χ2v) is 2.61. The molecule has 0 saturated heterocycles. The van der Waals surface area contributed by atoms with E-state index in [1.807, 2.05) is 0 Å². The van der Waals surface area contributed by atoms with Crippen molar-refractivity contribution in [2.24, 2.45) is 5.92 Å². The van der Waals surface area contributed by atoms with Gasteiger partial charge in [-0.1, -0.05) is 27.2 Å². The maximum atomic E-state index is 3.78. The van der Waals surface area contributed by atoms with Gasteiger partial charge in [-0.2, -0.15) is 0 Å². The summed E-state index contributed by atoms with van der Waals surface area (Å²) < 4.78 is 0. The summed E-state index contributed by atoms with van der Waals surface area (Å²) in [6, 6.07) is 0. The van der Waals surface area contributed by atoms with Gasteiger partial charge in [-0.3, -0.25) is 0 Å². The minimum absolute atomic E-state index is 0.483. The molecular formula is C10H17. The van der Waals surface area contributed by atoms with Gasteiger partial charge in [-0.25, -0.2) is 0 Å². The fourth-order valence-corrected chi connectivity index (χ4v) is 0.584. The van der Waals surface area contributed by atoms with Crippen LogP contribution in [0.2, 0.25) is 0 Å². The van der Waals surface area contributed by atoms with Crippen molar-refractivity contribution in [2.75, 3.05) is 0 Å². The maximum Gasteiger partial charge on any atom is 0.0174 e. The van der Waals surface area contributed by atoms with Crippen LogP contribution < -0.4 is 0 Å². The quantitative estimate of drug-likeness (QED) is 0.414. The van der Waals surface area contributed by atoms with E-state index in [1.165, 1.54) is 12.8 Å². The second kappa shape index (κ2) is 6.68. The molecule has 0 rings (SSSR count). The van der Waals surface area contributed by atoms with E-state index < -0.39 is 0 Å². The molecule has 1 radical (unpaired) electrons. The highest BCUT2D eigenvalue weighted by Gasteiger charge is 1.87. The predicted molar refractivity (Wildman–Crippen MR) is 46.4 cm³/mol. The second-order valence-electron chi connectivity index (χ2n) is 2.61. The lowest BCUT2D eigenvalue weighted by atomic mass is 10.1. The molecule has 0 spiro atoms. The summed E-state index contributed by atoms with van der Waals surface area (Å²) in [5, 5.41) is 0. The van der Waals surface area contributed by atoms with Gasteiger partial charge < -0.3 is 0 Å². The van der Waals surface area contributed by atoms with Crippen molar-refractivity contribution in [3.63, 3.8) is 0 Å².